The Hall–Kier alpha value is -4.51. The van der Waals surface area contributed by atoms with Crippen LogP contribution in [0.5, 0.6) is 0 Å². The molecule has 5 aliphatic rings. The maximum absolute atomic E-state index is 14.1. The van der Waals surface area contributed by atoms with Gasteiger partial charge in [0.25, 0.3) is 5.91 Å². The number of piperazine rings is 1. The number of aromatic nitrogens is 3. The van der Waals surface area contributed by atoms with E-state index in [2.05, 4.69) is 70.1 Å². The average molecular weight is 873 g/mol. The molecule has 6 heterocycles. The molecular formula is C46H58F2N8O5S. The summed E-state index contributed by atoms with van der Waals surface area (Å²) in [5.74, 6) is -3.36. The highest BCUT2D eigenvalue weighted by molar-refractivity contribution is 7.10. The second-order valence-corrected chi connectivity index (χ2v) is 19.5. The van der Waals surface area contributed by atoms with E-state index in [0.717, 1.165) is 82.6 Å². The van der Waals surface area contributed by atoms with E-state index in [4.69, 9.17) is 19.4 Å². The number of ether oxygens (including phenoxy) is 2. The number of carbonyl (C=O) groups excluding carboxylic acids is 3. The number of amides is 2. The van der Waals surface area contributed by atoms with Crippen LogP contribution in [0.25, 0.3) is 33.4 Å². The summed E-state index contributed by atoms with van der Waals surface area (Å²) in [4.78, 5) is 56.4. The van der Waals surface area contributed by atoms with Gasteiger partial charge in [0.2, 0.25) is 12.3 Å². The molecule has 5 atom stereocenters. The first kappa shape index (κ1) is 42.8. The fourth-order valence-electron chi connectivity index (χ4n) is 9.63. The Morgan fingerprint density at radius 3 is 2.61 bits per heavy atom. The van der Waals surface area contributed by atoms with Gasteiger partial charge in [-0.2, -0.15) is 0 Å². The minimum Gasteiger partial charge on any atom is -0.464 e. The minimum atomic E-state index is -2.60. The first-order chi connectivity index (χ1) is 29.8. The Balaban J connectivity index is 1.14. The van der Waals surface area contributed by atoms with E-state index < -0.39 is 53.5 Å². The van der Waals surface area contributed by atoms with Gasteiger partial charge < -0.3 is 24.3 Å². The molecule has 4 aromatic rings. The number of cyclic esters (lactones) is 1. The zero-order valence-corrected chi connectivity index (χ0v) is 37.1. The first-order valence-corrected chi connectivity index (χ1v) is 23.1. The number of nitrogens with one attached hydrogen (secondary N) is 2. The van der Waals surface area contributed by atoms with Gasteiger partial charge >= 0.3 is 5.97 Å². The Morgan fingerprint density at radius 1 is 1.11 bits per heavy atom. The summed E-state index contributed by atoms with van der Waals surface area (Å²) in [6.45, 7) is 13.5. The predicted molar refractivity (Wildman–Crippen MR) is 234 cm³/mol. The highest BCUT2D eigenvalue weighted by Gasteiger charge is 2.50. The van der Waals surface area contributed by atoms with Gasteiger partial charge in [0.05, 0.1) is 46.7 Å². The number of hydrogen-bond donors (Lipinski definition) is 2. The van der Waals surface area contributed by atoms with Crippen molar-refractivity contribution in [3.8, 4) is 22.5 Å². The lowest BCUT2D eigenvalue weighted by Gasteiger charge is -2.36. The van der Waals surface area contributed by atoms with Gasteiger partial charge in [0.1, 0.15) is 12.1 Å². The van der Waals surface area contributed by atoms with E-state index in [0.29, 0.717) is 37.4 Å². The molecule has 0 radical (unpaired) electrons. The maximum Gasteiger partial charge on any atom is 0.324 e. The number of nitrogens with zero attached hydrogens (tertiary/aromatic N) is 6. The molecule has 0 spiro atoms. The van der Waals surface area contributed by atoms with Gasteiger partial charge in [0, 0.05) is 104 Å². The molecule has 2 saturated carbocycles. The zero-order chi connectivity index (χ0) is 43.4. The molecule has 4 fully saturated rings. The molecule has 1 aromatic carbocycles. The number of anilines is 1. The summed E-state index contributed by atoms with van der Waals surface area (Å²) in [5.41, 5.74) is 10.4. The van der Waals surface area contributed by atoms with Crippen molar-refractivity contribution < 1.29 is 32.6 Å². The Morgan fingerprint density at radius 2 is 1.90 bits per heavy atom. The maximum atomic E-state index is 14.1. The van der Waals surface area contributed by atoms with E-state index in [9.17, 15) is 23.2 Å². The molecule has 16 heteroatoms. The van der Waals surface area contributed by atoms with Gasteiger partial charge in [0.15, 0.2) is 0 Å². The Bertz CT molecular complexity index is 2340. The first-order valence-electron chi connectivity index (χ1n) is 22.3. The number of esters is 1. The van der Waals surface area contributed by atoms with Gasteiger partial charge in [-0.1, -0.05) is 19.9 Å². The molecule has 9 rings (SSSR count). The highest BCUT2D eigenvalue weighted by Crippen LogP contribution is 2.45. The standard InChI is InChI=1S/C46H58F2N8O5S/c1-6-55-38-12-9-27-18-30(38)34(41(55)33-19-29(23-49-40(33)26(2)60-5)54-16-14-53(15-17-54)28-10-11-28)22-46(3,4)25-61-45(59)35-8-7-13-56(52-35)44(58)36(21-39-50-37(27)24-62-39)51-43(57)32-20-31(32)42(47)48/h9,12,18-19,23-24,26,28,31-32,35-36,42,52H,6-8,10-11,13-17,20-22,25H2,1-5H3,(H,51,57)/t26-,31+,32+,35-,36-/m0/s1. The van der Waals surface area contributed by atoms with Crippen molar-refractivity contribution in [1.29, 1.82) is 0 Å². The summed E-state index contributed by atoms with van der Waals surface area (Å²) >= 11 is 1.38. The largest absolute Gasteiger partial charge is 0.464 e. The van der Waals surface area contributed by atoms with Gasteiger partial charge in [-0.15, -0.1) is 11.3 Å². The Kier molecular flexibility index (Phi) is 11.9. The number of hydrogen-bond acceptors (Lipinski definition) is 11. The van der Waals surface area contributed by atoms with Crippen molar-refractivity contribution in [2.45, 2.75) is 110 Å². The molecule has 62 heavy (non-hydrogen) atoms. The zero-order valence-electron chi connectivity index (χ0n) is 36.3. The molecule has 2 amide bonds. The van der Waals surface area contributed by atoms with Crippen LogP contribution in [-0.4, -0.2) is 113 Å². The molecule has 3 aromatic heterocycles. The molecule has 3 aliphatic heterocycles. The lowest BCUT2D eigenvalue weighted by atomic mass is 9.84. The Labute approximate surface area is 365 Å². The number of thiazole rings is 1. The van der Waals surface area contributed by atoms with Crippen molar-refractivity contribution in [3.63, 3.8) is 0 Å². The summed E-state index contributed by atoms with van der Waals surface area (Å²) in [6, 6.07) is 7.56. The van der Waals surface area contributed by atoms with Crippen LogP contribution >= 0.6 is 11.3 Å². The number of alkyl halides is 2. The number of fused-ring (bicyclic) bond motifs is 6. The summed E-state index contributed by atoms with van der Waals surface area (Å²) in [5, 5.41) is 7.78. The quantitative estimate of drug-likeness (QED) is 0.183. The van der Waals surface area contributed by atoms with Crippen molar-refractivity contribution in [2.75, 3.05) is 51.3 Å². The van der Waals surface area contributed by atoms with Crippen LogP contribution in [0.3, 0.4) is 0 Å². The van der Waals surface area contributed by atoms with Gasteiger partial charge in [-0.05, 0) is 76.1 Å². The summed E-state index contributed by atoms with van der Waals surface area (Å²) in [6.07, 6.45) is 3.42. The van der Waals surface area contributed by atoms with Crippen LogP contribution in [0.1, 0.15) is 82.2 Å². The van der Waals surface area contributed by atoms with Crippen molar-refractivity contribution in [2.24, 2.45) is 17.3 Å². The lowest BCUT2D eigenvalue weighted by molar-refractivity contribution is -0.155. The molecular weight excluding hydrogens is 815 g/mol. The number of halogens is 2. The van der Waals surface area contributed by atoms with Crippen LogP contribution in [-0.2, 0) is 43.2 Å². The molecule has 2 N–H and O–H groups in total. The minimum absolute atomic E-state index is 0.0616. The highest BCUT2D eigenvalue weighted by atomic mass is 32.1. The molecule has 332 valence electrons. The van der Waals surface area contributed by atoms with Crippen molar-refractivity contribution in [1.82, 2.24) is 35.2 Å². The van der Waals surface area contributed by atoms with Gasteiger partial charge in [-0.25, -0.2) is 19.2 Å². The second kappa shape index (κ2) is 17.2. The predicted octanol–water partition coefficient (Wildman–Crippen LogP) is 6.39. The third-order valence-corrected chi connectivity index (χ3v) is 14.3. The van der Waals surface area contributed by atoms with E-state index in [1.54, 1.807) is 7.11 Å². The van der Waals surface area contributed by atoms with Crippen LogP contribution in [0.2, 0.25) is 0 Å². The third-order valence-electron chi connectivity index (χ3n) is 13.5. The van der Waals surface area contributed by atoms with E-state index in [1.165, 1.54) is 29.2 Å². The SMILES string of the molecule is CCn1c(-c2cc(N3CCN(C4CC4)CC3)cnc2[C@H](C)OC)c2c3cc(ccc31)-c1csc(n1)C[C@H](NC(=O)[C@@H]1C[C@H]1C(F)F)C(=O)N1CCC[C@H](N1)C(=O)OCC(C)(C)C2. The lowest BCUT2D eigenvalue weighted by Crippen LogP contribution is -2.60. The molecule has 2 saturated heterocycles. The van der Waals surface area contributed by atoms with Crippen molar-refractivity contribution in [3.05, 3.63) is 52.1 Å². The van der Waals surface area contributed by atoms with Crippen molar-refractivity contribution >= 4 is 45.7 Å². The monoisotopic (exact) mass is 872 g/mol. The summed E-state index contributed by atoms with van der Waals surface area (Å²) < 4.78 is 41.4. The number of rotatable bonds is 9. The second-order valence-electron chi connectivity index (χ2n) is 18.6. The molecule has 6 bridgehead atoms. The number of benzene rings is 1. The average Bonchev–Trinajstić information content (AvgIpc) is 4.22. The third kappa shape index (κ3) is 8.59. The van der Waals surface area contributed by atoms with Crippen LogP contribution in [0.4, 0.5) is 14.5 Å². The summed E-state index contributed by atoms with van der Waals surface area (Å²) in [7, 11) is 1.71. The van der Waals surface area contributed by atoms with E-state index >= 15 is 0 Å². The number of carbonyl (C=O) groups is 3. The van der Waals surface area contributed by atoms with Gasteiger partial charge in [-0.3, -0.25) is 29.3 Å². The smallest absolute Gasteiger partial charge is 0.324 e. The molecule has 0 unspecified atom stereocenters. The van der Waals surface area contributed by atoms with Crippen LogP contribution in [0, 0.1) is 17.3 Å². The van der Waals surface area contributed by atoms with E-state index in [1.807, 2.05) is 18.5 Å². The number of hydrazine groups is 1. The number of aryl methyl sites for hydroxylation is 1. The normalized spacial score (nSPS) is 25.2. The fourth-order valence-corrected chi connectivity index (χ4v) is 10.5. The molecule has 13 nitrogen and oxygen atoms in total. The van der Waals surface area contributed by atoms with Crippen LogP contribution < -0.4 is 15.6 Å². The van der Waals surface area contributed by atoms with Crippen LogP contribution in [0.15, 0.2) is 35.8 Å². The topological polar surface area (TPSA) is 134 Å². The number of methoxy groups -OCH3 is 1. The fraction of sp³-hybridized carbons (Fsp3) is 0.587. The molecule has 2 aliphatic carbocycles. The number of pyridine rings is 1. The van der Waals surface area contributed by atoms with E-state index in [-0.39, 0.29) is 25.6 Å².